The molecule has 0 spiro atoms. The van der Waals surface area contributed by atoms with Gasteiger partial charge in [-0.3, -0.25) is 4.79 Å². The molecular weight excluding hydrogens is 348 g/mol. The van der Waals surface area contributed by atoms with E-state index in [9.17, 15) is 31.1 Å². The number of nitrogens with two attached hydrogens (primary N) is 1. The Bertz CT molecular complexity index is 786. The van der Waals surface area contributed by atoms with Gasteiger partial charge in [-0.25, -0.2) is 0 Å². The maximum atomic E-state index is 12.5. The van der Waals surface area contributed by atoms with Gasteiger partial charge in [0.25, 0.3) is 0 Å². The molecule has 0 aliphatic heterocycles. The zero-order valence-corrected chi connectivity index (χ0v) is 12.4. The Morgan fingerprint density at radius 3 is 1.44 bits per heavy atom. The molecule has 0 aliphatic carbocycles. The van der Waals surface area contributed by atoms with Crippen molar-refractivity contribution in [1.29, 1.82) is 0 Å². The third kappa shape index (κ3) is 4.62. The molecule has 0 atom stereocenters. The molecule has 132 valence electrons. The summed E-state index contributed by atoms with van der Waals surface area (Å²) < 4.78 is 74.9. The van der Waals surface area contributed by atoms with Gasteiger partial charge in [0.15, 0.2) is 5.78 Å². The van der Waals surface area contributed by atoms with Crippen LogP contribution in [-0.2, 0) is 12.4 Å². The molecule has 0 fully saturated rings. The van der Waals surface area contributed by atoms with Crippen LogP contribution in [0, 0.1) is 0 Å². The Labute approximate surface area is 138 Å². The number of halogens is 6. The zero-order valence-electron chi connectivity index (χ0n) is 12.4. The largest absolute Gasteiger partial charge is 0.416 e. The van der Waals surface area contributed by atoms with Gasteiger partial charge in [0.05, 0.1) is 11.1 Å². The lowest BCUT2D eigenvalue weighted by Crippen LogP contribution is -2.07. The third-order valence-electron chi connectivity index (χ3n) is 3.33. The summed E-state index contributed by atoms with van der Waals surface area (Å²) >= 11 is 0. The van der Waals surface area contributed by atoms with E-state index in [1.165, 1.54) is 0 Å². The third-order valence-corrected chi connectivity index (χ3v) is 3.33. The number of alkyl halides is 6. The molecule has 2 aromatic rings. The minimum atomic E-state index is -4.52. The lowest BCUT2D eigenvalue weighted by Gasteiger charge is -2.08. The van der Waals surface area contributed by atoms with Crippen molar-refractivity contribution in [3.63, 3.8) is 0 Å². The molecule has 0 aliphatic rings. The van der Waals surface area contributed by atoms with Crippen LogP contribution in [0.15, 0.2) is 54.6 Å². The van der Waals surface area contributed by atoms with Gasteiger partial charge in [-0.05, 0) is 29.8 Å². The van der Waals surface area contributed by atoms with Crippen LogP contribution in [0.5, 0.6) is 0 Å². The van der Waals surface area contributed by atoms with E-state index in [0.717, 1.165) is 54.6 Å². The van der Waals surface area contributed by atoms with Crippen molar-refractivity contribution >= 4 is 11.5 Å². The fourth-order valence-electron chi connectivity index (χ4n) is 1.98. The summed E-state index contributed by atoms with van der Waals surface area (Å²) in [4.78, 5) is 12.0. The average Bonchev–Trinajstić information content (AvgIpc) is 2.53. The van der Waals surface area contributed by atoms with Crippen molar-refractivity contribution in [2.24, 2.45) is 5.73 Å². The van der Waals surface area contributed by atoms with Crippen molar-refractivity contribution in [2.45, 2.75) is 12.4 Å². The summed E-state index contributed by atoms with van der Waals surface area (Å²) in [5.74, 6) is -0.661. The number of allylic oxidation sites excluding steroid dienone is 1. The maximum Gasteiger partial charge on any atom is 0.416 e. The molecule has 0 saturated carbocycles. The van der Waals surface area contributed by atoms with Gasteiger partial charge in [0.2, 0.25) is 0 Å². The van der Waals surface area contributed by atoms with Crippen LogP contribution in [0.2, 0.25) is 0 Å². The van der Waals surface area contributed by atoms with Crippen LogP contribution in [-0.4, -0.2) is 5.78 Å². The second-order valence-electron chi connectivity index (χ2n) is 5.11. The van der Waals surface area contributed by atoms with Crippen LogP contribution in [0.4, 0.5) is 26.3 Å². The van der Waals surface area contributed by atoms with Crippen LogP contribution >= 0.6 is 0 Å². The molecule has 2 rings (SSSR count). The molecule has 0 radical (unpaired) electrons. The van der Waals surface area contributed by atoms with Crippen molar-refractivity contribution in [2.75, 3.05) is 0 Å². The molecule has 2 aromatic carbocycles. The molecule has 2 nitrogen and oxygen atoms in total. The lowest BCUT2D eigenvalue weighted by atomic mass is 10.0. The Morgan fingerprint density at radius 2 is 1.08 bits per heavy atom. The molecule has 2 N–H and O–H groups in total. The Balaban J connectivity index is 2.20. The quantitative estimate of drug-likeness (QED) is 0.481. The van der Waals surface area contributed by atoms with Crippen LogP contribution in [0.3, 0.4) is 0 Å². The fraction of sp³-hybridized carbons (Fsp3) is 0.118. The van der Waals surface area contributed by atoms with Gasteiger partial charge in [-0.15, -0.1) is 0 Å². The second-order valence-corrected chi connectivity index (χ2v) is 5.11. The summed E-state index contributed by atoms with van der Waals surface area (Å²) in [5.41, 5.74) is 3.97. The molecule has 0 unspecified atom stereocenters. The minimum absolute atomic E-state index is 0.0251. The first-order chi connectivity index (χ1) is 11.5. The monoisotopic (exact) mass is 359 g/mol. The van der Waals surface area contributed by atoms with Crippen molar-refractivity contribution < 1.29 is 31.1 Å². The number of hydrogen-bond acceptors (Lipinski definition) is 2. The predicted molar refractivity (Wildman–Crippen MR) is 79.4 cm³/mol. The highest BCUT2D eigenvalue weighted by atomic mass is 19.4. The first-order valence-electron chi connectivity index (χ1n) is 6.85. The van der Waals surface area contributed by atoms with E-state index in [4.69, 9.17) is 5.73 Å². The number of ketones is 1. The zero-order chi connectivity index (χ0) is 18.8. The van der Waals surface area contributed by atoms with Gasteiger partial charge >= 0.3 is 12.4 Å². The van der Waals surface area contributed by atoms with E-state index in [1.807, 2.05) is 0 Å². The Kier molecular flexibility index (Phi) is 4.92. The number of hydrogen-bond donors (Lipinski definition) is 1. The second kappa shape index (κ2) is 6.62. The van der Waals surface area contributed by atoms with E-state index in [-0.39, 0.29) is 16.8 Å². The first kappa shape index (κ1) is 18.6. The molecule has 25 heavy (non-hydrogen) atoms. The highest BCUT2D eigenvalue weighted by molar-refractivity contribution is 6.08. The van der Waals surface area contributed by atoms with Crippen LogP contribution in [0.25, 0.3) is 5.70 Å². The molecule has 0 amide bonds. The SMILES string of the molecule is N/C(=C\C(=O)c1ccc(C(F)(F)F)cc1)c1ccc(C(F)(F)F)cc1. The van der Waals surface area contributed by atoms with Gasteiger partial charge < -0.3 is 5.73 Å². The van der Waals surface area contributed by atoms with Crippen molar-refractivity contribution in [3.05, 3.63) is 76.9 Å². The van der Waals surface area contributed by atoms with Gasteiger partial charge in [-0.2, -0.15) is 26.3 Å². The van der Waals surface area contributed by atoms with Gasteiger partial charge in [0.1, 0.15) is 0 Å². The topological polar surface area (TPSA) is 43.1 Å². The van der Waals surface area contributed by atoms with Crippen molar-refractivity contribution in [1.82, 2.24) is 0 Å². The van der Waals surface area contributed by atoms with Crippen LogP contribution in [0.1, 0.15) is 27.0 Å². The average molecular weight is 359 g/mol. The van der Waals surface area contributed by atoms with E-state index in [1.54, 1.807) is 0 Å². The highest BCUT2D eigenvalue weighted by Crippen LogP contribution is 2.30. The smallest absolute Gasteiger partial charge is 0.398 e. The molecule has 0 aromatic heterocycles. The lowest BCUT2D eigenvalue weighted by molar-refractivity contribution is -0.138. The maximum absolute atomic E-state index is 12.5. The van der Waals surface area contributed by atoms with Crippen LogP contribution < -0.4 is 5.73 Å². The molecule has 0 bridgehead atoms. The summed E-state index contributed by atoms with van der Waals surface area (Å²) in [5, 5.41) is 0. The number of benzene rings is 2. The number of carbonyl (C=O) groups is 1. The van der Waals surface area contributed by atoms with Gasteiger partial charge in [-0.1, -0.05) is 24.3 Å². The van der Waals surface area contributed by atoms with E-state index < -0.39 is 29.3 Å². The number of carbonyl (C=O) groups excluding carboxylic acids is 1. The standard InChI is InChI=1S/C17H11F6NO/c18-16(19,20)12-5-1-10(2-6-12)14(24)9-15(25)11-3-7-13(8-4-11)17(21,22)23/h1-9H,24H2/b14-9-. The van der Waals surface area contributed by atoms with Crippen molar-refractivity contribution in [3.8, 4) is 0 Å². The highest BCUT2D eigenvalue weighted by Gasteiger charge is 2.30. The molecule has 0 heterocycles. The minimum Gasteiger partial charge on any atom is -0.398 e. The van der Waals surface area contributed by atoms with E-state index >= 15 is 0 Å². The summed E-state index contributed by atoms with van der Waals surface area (Å²) in [6.07, 6.45) is -8.06. The Morgan fingerprint density at radius 1 is 0.720 bits per heavy atom. The fourth-order valence-corrected chi connectivity index (χ4v) is 1.98. The molecular formula is C17H11F6NO. The predicted octanol–water partition coefficient (Wildman–Crippen LogP) is 4.91. The summed E-state index contributed by atoms with van der Waals surface area (Å²) in [6, 6.07) is 7.37. The summed E-state index contributed by atoms with van der Waals surface area (Å²) in [7, 11) is 0. The number of rotatable bonds is 3. The first-order valence-corrected chi connectivity index (χ1v) is 6.85. The van der Waals surface area contributed by atoms with Gasteiger partial charge in [0, 0.05) is 17.3 Å². The molecule has 8 heteroatoms. The molecule has 0 saturated heterocycles. The van der Waals surface area contributed by atoms with E-state index in [2.05, 4.69) is 0 Å². The van der Waals surface area contributed by atoms with E-state index in [0.29, 0.717) is 0 Å². The summed E-state index contributed by atoms with van der Waals surface area (Å²) in [6.45, 7) is 0. The normalized spacial score (nSPS) is 13.0. The Hall–Kier alpha value is -2.77.